The molecular weight excluding hydrogens is 439 g/mol. The molecular formula is C20H33IN4O. The first-order valence-electron chi connectivity index (χ1n) is 9.42. The van der Waals surface area contributed by atoms with E-state index in [1.165, 1.54) is 6.42 Å². The lowest BCUT2D eigenvalue weighted by Crippen LogP contribution is -2.48. The minimum Gasteiger partial charge on any atom is -0.357 e. The quantitative estimate of drug-likeness (QED) is 0.380. The van der Waals surface area contributed by atoms with Gasteiger partial charge in [0.15, 0.2) is 5.96 Å². The highest BCUT2D eigenvalue weighted by atomic mass is 127. The lowest BCUT2D eigenvalue weighted by atomic mass is 9.92. The van der Waals surface area contributed by atoms with Crippen LogP contribution in [0.3, 0.4) is 0 Å². The smallest absolute Gasteiger partial charge is 0.222 e. The summed E-state index contributed by atoms with van der Waals surface area (Å²) in [5, 5.41) is 6.33. The van der Waals surface area contributed by atoms with Gasteiger partial charge in [0.1, 0.15) is 0 Å². The summed E-state index contributed by atoms with van der Waals surface area (Å²) in [5.41, 5.74) is 1.11. The number of halogens is 1. The third kappa shape index (κ3) is 7.93. The molecule has 1 aliphatic rings. The van der Waals surface area contributed by atoms with Crippen LogP contribution in [-0.4, -0.2) is 42.9 Å². The maximum Gasteiger partial charge on any atom is 0.222 e. The second-order valence-corrected chi connectivity index (χ2v) is 7.10. The molecule has 2 unspecified atom stereocenters. The van der Waals surface area contributed by atoms with Crippen molar-refractivity contribution in [1.29, 1.82) is 0 Å². The van der Waals surface area contributed by atoms with Crippen LogP contribution in [0.4, 0.5) is 0 Å². The number of carbonyl (C=O) groups is 1. The fraction of sp³-hybridized carbons (Fsp3) is 0.600. The molecule has 6 heteroatoms. The monoisotopic (exact) mass is 472 g/mol. The summed E-state index contributed by atoms with van der Waals surface area (Å²) in [7, 11) is 0. The number of rotatable bonds is 6. The molecule has 0 bridgehead atoms. The third-order valence-electron chi connectivity index (χ3n) is 4.44. The standard InChI is InChI=1S/C20H32N4O.HI/c1-4-21-20(24-14-16(2)12-17(3)15-24)22-11-10-19(25)23-13-18-8-6-5-7-9-18;/h5-9,16-17H,4,10-15H2,1-3H3,(H,21,22)(H,23,25);1H. The summed E-state index contributed by atoms with van der Waals surface area (Å²) < 4.78 is 0. The molecule has 1 saturated heterocycles. The molecule has 1 aromatic rings. The van der Waals surface area contributed by atoms with Gasteiger partial charge in [-0.05, 0) is 30.7 Å². The van der Waals surface area contributed by atoms with Gasteiger partial charge in [-0.3, -0.25) is 9.79 Å². The van der Waals surface area contributed by atoms with Gasteiger partial charge < -0.3 is 15.5 Å². The Bertz CT molecular complexity index is 554. The Kier molecular flexibility index (Phi) is 10.6. The molecule has 0 aliphatic carbocycles. The van der Waals surface area contributed by atoms with Crippen molar-refractivity contribution in [2.45, 2.75) is 40.2 Å². The fourth-order valence-electron chi connectivity index (χ4n) is 3.41. The van der Waals surface area contributed by atoms with Crippen molar-refractivity contribution in [3.05, 3.63) is 35.9 Å². The van der Waals surface area contributed by atoms with Gasteiger partial charge in [-0.1, -0.05) is 44.2 Å². The van der Waals surface area contributed by atoms with Gasteiger partial charge in [0.25, 0.3) is 0 Å². The summed E-state index contributed by atoms with van der Waals surface area (Å²) in [5.74, 6) is 2.35. The van der Waals surface area contributed by atoms with Gasteiger partial charge in [-0.15, -0.1) is 24.0 Å². The highest BCUT2D eigenvalue weighted by molar-refractivity contribution is 14.0. The molecule has 1 amide bonds. The van der Waals surface area contributed by atoms with Crippen LogP contribution in [0.1, 0.15) is 39.2 Å². The molecule has 0 saturated carbocycles. The Morgan fingerprint density at radius 3 is 2.42 bits per heavy atom. The van der Waals surface area contributed by atoms with Crippen LogP contribution in [0, 0.1) is 11.8 Å². The predicted molar refractivity (Wildman–Crippen MR) is 119 cm³/mol. The van der Waals surface area contributed by atoms with E-state index in [1.807, 2.05) is 30.3 Å². The van der Waals surface area contributed by atoms with Gasteiger partial charge in [0.05, 0.1) is 6.54 Å². The van der Waals surface area contributed by atoms with Crippen LogP contribution >= 0.6 is 24.0 Å². The van der Waals surface area contributed by atoms with E-state index in [4.69, 9.17) is 0 Å². The van der Waals surface area contributed by atoms with Crippen molar-refractivity contribution in [2.24, 2.45) is 16.8 Å². The number of carbonyl (C=O) groups excluding carboxylic acids is 1. The van der Waals surface area contributed by atoms with Crippen LogP contribution < -0.4 is 10.6 Å². The van der Waals surface area contributed by atoms with Crippen LogP contribution in [-0.2, 0) is 11.3 Å². The van der Waals surface area contributed by atoms with Gasteiger partial charge in [-0.2, -0.15) is 0 Å². The summed E-state index contributed by atoms with van der Waals surface area (Å²) in [6.45, 7) is 10.7. The van der Waals surface area contributed by atoms with Crippen molar-refractivity contribution >= 4 is 35.8 Å². The zero-order valence-electron chi connectivity index (χ0n) is 16.2. The van der Waals surface area contributed by atoms with Crippen molar-refractivity contribution in [2.75, 3.05) is 26.2 Å². The molecule has 5 nitrogen and oxygen atoms in total. The second kappa shape index (κ2) is 12.1. The molecule has 1 aromatic carbocycles. The Morgan fingerprint density at radius 2 is 1.81 bits per heavy atom. The maximum absolute atomic E-state index is 12.0. The number of aliphatic imine (C=N–C) groups is 1. The average Bonchev–Trinajstić information content (AvgIpc) is 2.59. The number of likely N-dealkylation sites (tertiary alicyclic amines) is 1. The summed E-state index contributed by atoms with van der Waals surface area (Å²) >= 11 is 0. The van der Waals surface area contributed by atoms with Gasteiger partial charge in [-0.25, -0.2) is 0 Å². The number of hydrogen-bond donors (Lipinski definition) is 2. The maximum atomic E-state index is 12.0. The number of benzene rings is 1. The van der Waals surface area contributed by atoms with Crippen molar-refractivity contribution in [3.63, 3.8) is 0 Å². The molecule has 26 heavy (non-hydrogen) atoms. The molecule has 0 spiro atoms. The Morgan fingerprint density at radius 1 is 1.15 bits per heavy atom. The SMILES string of the molecule is CCNC(=NCCC(=O)NCc1ccccc1)N1CC(C)CC(C)C1.I. The number of guanidine groups is 1. The first-order valence-corrected chi connectivity index (χ1v) is 9.42. The molecule has 2 atom stereocenters. The molecule has 1 aliphatic heterocycles. The van der Waals surface area contributed by atoms with E-state index >= 15 is 0 Å². The van der Waals surface area contributed by atoms with E-state index in [0.29, 0.717) is 31.3 Å². The highest BCUT2D eigenvalue weighted by Gasteiger charge is 2.23. The molecule has 2 rings (SSSR count). The molecule has 0 radical (unpaired) electrons. The summed E-state index contributed by atoms with van der Waals surface area (Å²) in [4.78, 5) is 19.0. The summed E-state index contributed by atoms with van der Waals surface area (Å²) in [6, 6.07) is 9.97. The highest BCUT2D eigenvalue weighted by Crippen LogP contribution is 2.20. The Labute approximate surface area is 175 Å². The Hall–Kier alpha value is -1.31. The molecule has 0 aromatic heterocycles. The van der Waals surface area contributed by atoms with Gasteiger partial charge in [0, 0.05) is 32.6 Å². The second-order valence-electron chi connectivity index (χ2n) is 7.10. The average molecular weight is 472 g/mol. The van der Waals surface area contributed by atoms with Gasteiger partial charge >= 0.3 is 0 Å². The van der Waals surface area contributed by atoms with Crippen molar-refractivity contribution < 1.29 is 4.79 Å². The van der Waals surface area contributed by atoms with E-state index < -0.39 is 0 Å². The number of hydrogen-bond acceptors (Lipinski definition) is 2. The van der Waals surface area contributed by atoms with Crippen LogP contribution in [0.15, 0.2) is 35.3 Å². The van der Waals surface area contributed by atoms with E-state index in [2.05, 4.69) is 41.3 Å². The normalized spacial score (nSPS) is 20.3. The third-order valence-corrected chi connectivity index (χ3v) is 4.44. The van der Waals surface area contributed by atoms with E-state index in [0.717, 1.165) is 31.2 Å². The first kappa shape index (κ1) is 22.7. The Balaban J connectivity index is 0.00000338. The predicted octanol–water partition coefficient (Wildman–Crippen LogP) is 3.25. The lowest BCUT2D eigenvalue weighted by Gasteiger charge is -2.37. The first-order chi connectivity index (χ1) is 12.1. The minimum atomic E-state index is 0. The van der Waals surface area contributed by atoms with Crippen LogP contribution in [0.5, 0.6) is 0 Å². The van der Waals surface area contributed by atoms with Crippen LogP contribution in [0.25, 0.3) is 0 Å². The number of nitrogens with zero attached hydrogens (tertiary/aromatic N) is 2. The van der Waals surface area contributed by atoms with E-state index in [-0.39, 0.29) is 29.9 Å². The minimum absolute atomic E-state index is 0. The molecule has 146 valence electrons. The van der Waals surface area contributed by atoms with Crippen molar-refractivity contribution in [1.82, 2.24) is 15.5 Å². The zero-order chi connectivity index (χ0) is 18.1. The van der Waals surface area contributed by atoms with E-state index in [1.54, 1.807) is 0 Å². The zero-order valence-corrected chi connectivity index (χ0v) is 18.5. The van der Waals surface area contributed by atoms with Crippen LogP contribution in [0.2, 0.25) is 0 Å². The van der Waals surface area contributed by atoms with E-state index in [9.17, 15) is 4.79 Å². The molecule has 1 heterocycles. The fourth-order valence-corrected chi connectivity index (χ4v) is 3.41. The lowest BCUT2D eigenvalue weighted by molar-refractivity contribution is -0.121. The summed E-state index contributed by atoms with van der Waals surface area (Å²) in [6.07, 6.45) is 1.69. The number of nitrogens with one attached hydrogen (secondary N) is 2. The van der Waals surface area contributed by atoms with Crippen molar-refractivity contribution in [3.8, 4) is 0 Å². The topological polar surface area (TPSA) is 56.7 Å². The number of piperidine rings is 1. The largest absolute Gasteiger partial charge is 0.357 e. The number of amides is 1. The molecule has 2 N–H and O–H groups in total. The van der Waals surface area contributed by atoms with Gasteiger partial charge in [0.2, 0.25) is 5.91 Å². The molecule has 1 fully saturated rings.